The highest BCUT2D eigenvalue weighted by Crippen LogP contribution is 2.31. The maximum atomic E-state index is 12.2. The Balaban J connectivity index is 2.64. The minimum absolute atomic E-state index is 0.107. The van der Waals surface area contributed by atoms with Gasteiger partial charge in [-0.05, 0) is 20.3 Å². The lowest BCUT2D eigenvalue weighted by molar-refractivity contribution is -0.141. The monoisotopic (exact) mass is 317 g/mol. The Morgan fingerprint density at radius 1 is 1.29 bits per heavy atom. The number of rotatable bonds is 6. The first-order chi connectivity index (χ1) is 9.96. The average Bonchev–Trinajstić information content (AvgIpc) is 2.90. The number of carboxylic acids is 1. The number of likely N-dealkylation sites (N-methyl/N-ethyl adjacent to an activating group) is 1. The standard InChI is InChI=1S/C13H23N3O4S/c1-4-11-16(9(8-21-11)12(18)19)13(20)14-7-10(17)15(5-2)6-3/h9,11H,4-8H2,1-3H3,(H,14,20)(H,18,19). The van der Waals surface area contributed by atoms with E-state index in [1.54, 1.807) is 4.90 Å². The molecule has 0 radical (unpaired) electrons. The Labute approximate surface area is 129 Å². The minimum Gasteiger partial charge on any atom is -0.480 e. The molecule has 0 saturated carbocycles. The van der Waals surface area contributed by atoms with Crippen LogP contribution in [0, 0.1) is 0 Å². The Kier molecular flexibility index (Phi) is 6.80. The number of nitrogens with one attached hydrogen (secondary N) is 1. The molecule has 2 unspecified atom stereocenters. The molecule has 1 heterocycles. The average molecular weight is 317 g/mol. The van der Waals surface area contributed by atoms with Crippen molar-refractivity contribution < 1.29 is 19.5 Å². The lowest BCUT2D eigenvalue weighted by atomic mass is 10.3. The molecule has 0 aromatic carbocycles. The number of carbonyl (C=O) groups excluding carboxylic acids is 2. The first-order valence-electron chi connectivity index (χ1n) is 7.14. The number of carboxylic acid groups (broad SMARTS) is 1. The van der Waals surface area contributed by atoms with Crippen LogP contribution in [0.5, 0.6) is 0 Å². The molecule has 8 heteroatoms. The summed E-state index contributed by atoms with van der Waals surface area (Å²) in [5.74, 6) is -0.797. The Bertz CT molecular complexity index is 401. The van der Waals surface area contributed by atoms with Crippen molar-refractivity contribution in [2.24, 2.45) is 0 Å². The van der Waals surface area contributed by atoms with E-state index in [9.17, 15) is 19.5 Å². The molecule has 1 saturated heterocycles. The molecule has 3 amide bonds. The lowest BCUT2D eigenvalue weighted by Gasteiger charge is -2.27. The second-order valence-corrected chi connectivity index (χ2v) is 5.89. The fraction of sp³-hybridized carbons (Fsp3) is 0.769. The summed E-state index contributed by atoms with van der Waals surface area (Å²) in [5, 5.41) is 11.6. The first-order valence-corrected chi connectivity index (χ1v) is 8.19. The van der Waals surface area contributed by atoms with Crippen molar-refractivity contribution in [3.8, 4) is 0 Å². The molecule has 2 atom stereocenters. The van der Waals surface area contributed by atoms with Gasteiger partial charge in [-0.1, -0.05) is 6.92 Å². The minimum atomic E-state index is -1.01. The third-order valence-corrected chi connectivity index (χ3v) is 4.92. The highest BCUT2D eigenvalue weighted by Gasteiger charge is 2.40. The molecule has 21 heavy (non-hydrogen) atoms. The van der Waals surface area contributed by atoms with Crippen molar-refractivity contribution in [1.82, 2.24) is 15.1 Å². The van der Waals surface area contributed by atoms with Crippen LogP contribution in [0.25, 0.3) is 0 Å². The normalized spacial score (nSPS) is 21.2. The smallest absolute Gasteiger partial charge is 0.327 e. The van der Waals surface area contributed by atoms with Gasteiger partial charge >= 0.3 is 12.0 Å². The zero-order valence-electron chi connectivity index (χ0n) is 12.7. The molecule has 0 aromatic heterocycles. The van der Waals surface area contributed by atoms with Crippen LogP contribution in [0.4, 0.5) is 4.79 Å². The van der Waals surface area contributed by atoms with Crippen molar-refractivity contribution in [3.05, 3.63) is 0 Å². The Morgan fingerprint density at radius 3 is 2.38 bits per heavy atom. The van der Waals surface area contributed by atoms with Gasteiger partial charge in [-0.25, -0.2) is 9.59 Å². The van der Waals surface area contributed by atoms with Gasteiger partial charge in [0.2, 0.25) is 5.91 Å². The predicted molar refractivity (Wildman–Crippen MR) is 81.1 cm³/mol. The van der Waals surface area contributed by atoms with Gasteiger partial charge in [-0.3, -0.25) is 9.69 Å². The number of hydrogen-bond donors (Lipinski definition) is 2. The molecule has 2 N–H and O–H groups in total. The van der Waals surface area contributed by atoms with Gasteiger partial charge in [0.05, 0.1) is 11.9 Å². The van der Waals surface area contributed by atoms with Gasteiger partial charge < -0.3 is 15.3 Å². The van der Waals surface area contributed by atoms with Crippen LogP contribution in [-0.4, -0.2) is 69.6 Å². The van der Waals surface area contributed by atoms with Crippen LogP contribution in [0.3, 0.4) is 0 Å². The number of urea groups is 1. The third-order valence-electron chi connectivity index (χ3n) is 3.47. The number of thioether (sulfide) groups is 1. The fourth-order valence-corrected chi connectivity index (χ4v) is 3.62. The van der Waals surface area contributed by atoms with Crippen LogP contribution >= 0.6 is 11.8 Å². The zero-order valence-corrected chi connectivity index (χ0v) is 13.5. The maximum absolute atomic E-state index is 12.2. The molecular formula is C13H23N3O4S. The van der Waals surface area contributed by atoms with Crippen LogP contribution in [0.1, 0.15) is 27.2 Å². The molecule has 0 aromatic rings. The van der Waals surface area contributed by atoms with Crippen molar-refractivity contribution in [3.63, 3.8) is 0 Å². The molecule has 7 nitrogen and oxygen atoms in total. The Hall–Kier alpha value is -1.44. The van der Waals surface area contributed by atoms with E-state index in [1.807, 2.05) is 20.8 Å². The highest BCUT2D eigenvalue weighted by atomic mass is 32.2. The first kappa shape index (κ1) is 17.6. The molecule has 0 spiro atoms. The topological polar surface area (TPSA) is 90.0 Å². The van der Waals surface area contributed by atoms with E-state index in [2.05, 4.69) is 5.32 Å². The molecule has 1 fully saturated rings. The van der Waals surface area contributed by atoms with Crippen LogP contribution in [-0.2, 0) is 9.59 Å². The number of aliphatic carboxylic acids is 1. The lowest BCUT2D eigenvalue weighted by Crippen LogP contribution is -2.52. The van der Waals surface area contributed by atoms with E-state index in [0.717, 1.165) is 0 Å². The summed E-state index contributed by atoms with van der Waals surface area (Å²) in [5.41, 5.74) is 0. The summed E-state index contributed by atoms with van der Waals surface area (Å²) < 4.78 is 0. The molecule has 0 aliphatic carbocycles. The van der Waals surface area contributed by atoms with Gasteiger partial charge in [0.1, 0.15) is 6.04 Å². The van der Waals surface area contributed by atoms with E-state index in [1.165, 1.54) is 16.7 Å². The van der Waals surface area contributed by atoms with Crippen LogP contribution in [0.2, 0.25) is 0 Å². The number of hydrogen-bond acceptors (Lipinski definition) is 4. The summed E-state index contributed by atoms with van der Waals surface area (Å²) in [6.07, 6.45) is 0.672. The number of amides is 3. The van der Waals surface area contributed by atoms with Crippen molar-refractivity contribution in [1.29, 1.82) is 0 Å². The summed E-state index contributed by atoms with van der Waals surface area (Å²) in [6, 6.07) is -1.32. The molecule has 0 bridgehead atoms. The van der Waals surface area contributed by atoms with Crippen LogP contribution in [0.15, 0.2) is 0 Å². The highest BCUT2D eigenvalue weighted by molar-refractivity contribution is 8.00. The summed E-state index contributed by atoms with van der Waals surface area (Å²) in [4.78, 5) is 38.2. The van der Waals surface area contributed by atoms with E-state index in [4.69, 9.17) is 0 Å². The fourth-order valence-electron chi connectivity index (χ4n) is 2.27. The molecule has 1 aliphatic heterocycles. The SMILES string of the molecule is CCC1SCC(C(=O)O)N1C(=O)NCC(=O)N(CC)CC. The maximum Gasteiger partial charge on any atom is 0.327 e. The molecule has 1 aliphatic rings. The number of carbonyl (C=O) groups is 3. The molecular weight excluding hydrogens is 294 g/mol. The summed E-state index contributed by atoms with van der Waals surface area (Å²) >= 11 is 1.45. The van der Waals surface area contributed by atoms with Gasteiger partial charge in [-0.15, -0.1) is 11.8 Å². The zero-order chi connectivity index (χ0) is 16.0. The van der Waals surface area contributed by atoms with Gasteiger partial charge in [0, 0.05) is 18.8 Å². The van der Waals surface area contributed by atoms with Crippen molar-refractivity contribution in [2.75, 3.05) is 25.4 Å². The quantitative estimate of drug-likeness (QED) is 0.756. The van der Waals surface area contributed by atoms with Gasteiger partial charge in [-0.2, -0.15) is 0 Å². The summed E-state index contributed by atoms with van der Waals surface area (Å²) in [6.45, 7) is 6.70. The van der Waals surface area contributed by atoms with Gasteiger partial charge in [0.15, 0.2) is 0 Å². The van der Waals surface area contributed by atoms with Crippen LogP contribution < -0.4 is 5.32 Å². The van der Waals surface area contributed by atoms with Crippen molar-refractivity contribution in [2.45, 2.75) is 38.6 Å². The van der Waals surface area contributed by atoms with E-state index < -0.39 is 18.0 Å². The predicted octanol–water partition coefficient (Wildman–Crippen LogP) is 0.803. The number of nitrogens with zero attached hydrogens (tertiary/aromatic N) is 2. The summed E-state index contributed by atoms with van der Waals surface area (Å²) in [7, 11) is 0. The molecule has 120 valence electrons. The van der Waals surface area contributed by atoms with E-state index in [0.29, 0.717) is 25.3 Å². The third kappa shape index (κ3) is 4.26. The second kappa shape index (κ2) is 8.11. The molecule has 1 rings (SSSR count). The largest absolute Gasteiger partial charge is 0.480 e. The van der Waals surface area contributed by atoms with E-state index in [-0.39, 0.29) is 17.8 Å². The second-order valence-electron chi connectivity index (χ2n) is 4.68. The Morgan fingerprint density at radius 2 is 1.90 bits per heavy atom. The van der Waals surface area contributed by atoms with Gasteiger partial charge in [0.25, 0.3) is 0 Å². The van der Waals surface area contributed by atoms with E-state index >= 15 is 0 Å². The van der Waals surface area contributed by atoms with Crippen molar-refractivity contribution >= 4 is 29.7 Å².